The van der Waals surface area contributed by atoms with E-state index in [2.05, 4.69) is 35.7 Å². The Kier molecular flexibility index (Phi) is 10.1. The van der Waals surface area contributed by atoms with Crippen LogP contribution in [-0.2, 0) is 16.0 Å². The molecule has 0 N–H and O–H groups in total. The molecule has 0 saturated carbocycles. The van der Waals surface area contributed by atoms with Crippen molar-refractivity contribution in [3.63, 3.8) is 0 Å². The predicted octanol–water partition coefficient (Wildman–Crippen LogP) is 8.87. The summed E-state index contributed by atoms with van der Waals surface area (Å²) in [5.74, 6) is -2.15. The van der Waals surface area contributed by atoms with Crippen molar-refractivity contribution in [1.82, 2.24) is 9.88 Å². The number of rotatable bonds is 6. The third-order valence-electron chi connectivity index (χ3n) is 7.37. The summed E-state index contributed by atoms with van der Waals surface area (Å²) in [6.45, 7) is 9.15. The highest BCUT2D eigenvalue weighted by molar-refractivity contribution is 5.87. The van der Waals surface area contributed by atoms with Gasteiger partial charge in [0.05, 0.1) is 13.2 Å². The molecule has 4 nitrogen and oxygen atoms in total. The lowest BCUT2D eigenvalue weighted by Gasteiger charge is -2.44. The van der Waals surface area contributed by atoms with Crippen LogP contribution in [0.5, 0.6) is 0 Å². The number of nitrogens with zero attached hydrogens (tertiary/aromatic N) is 2. The Balaban J connectivity index is 0.00000135. The summed E-state index contributed by atoms with van der Waals surface area (Å²) in [5, 5.41) is 2.11. The molecular weight excluding hydrogens is 549 g/mol. The van der Waals surface area contributed by atoms with Gasteiger partial charge in [0.15, 0.2) is 0 Å². The molecule has 0 spiro atoms. The van der Waals surface area contributed by atoms with E-state index in [-0.39, 0.29) is 23.7 Å². The molecule has 1 aliphatic rings. The minimum absolute atomic E-state index is 0.00160. The number of methoxy groups -OCH3 is 1. The summed E-state index contributed by atoms with van der Waals surface area (Å²) in [6, 6.07) is 15.4. The van der Waals surface area contributed by atoms with Crippen LogP contribution in [0.4, 0.5) is 13.2 Å². The smallest absolute Gasteiger partial charge is 0.330 e. The van der Waals surface area contributed by atoms with Gasteiger partial charge in [-0.25, -0.2) is 18.0 Å². The topological polar surface area (TPSA) is 42.4 Å². The van der Waals surface area contributed by atoms with E-state index in [9.17, 15) is 4.79 Å². The second-order valence-electron chi connectivity index (χ2n) is 11.7. The van der Waals surface area contributed by atoms with Gasteiger partial charge in [-0.1, -0.05) is 50.6 Å². The highest BCUT2D eigenvalue weighted by atomic mass is 19.1. The Bertz CT molecular complexity index is 1600. The summed E-state index contributed by atoms with van der Waals surface area (Å²) in [6.07, 6.45) is 7.84. The van der Waals surface area contributed by atoms with Crippen LogP contribution in [0.2, 0.25) is 0 Å². The lowest BCUT2D eigenvalue weighted by Crippen LogP contribution is -2.48. The molecule has 3 aromatic carbocycles. The third-order valence-corrected chi connectivity index (χ3v) is 7.37. The number of benzene rings is 3. The van der Waals surface area contributed by atoms with E-state index in [1.165, 1.54) is 45.6 Å². The number of ether oxygens (including phenoxy) is 1. The average molecular weight is 589 g/mol. The van der Waals surface area contributed by atoms with Crippen LogP contribution < -0.4 is 0 Å². The lowest BCUT2D eigenvalue weighted by atomic mass is 9.82. The SMILES string of the molecule is CCC.COC(=O)/C=C/c1cc(F)c(C2c3ccc(-c4ccc5cnccc5c4)cc3CC(C)N2CC(C)(C)F)c(F)c1. The van der Waals surface area contributed by atoms with Crippen molar-refractivity contribution in [2.24, 2.45) is 0 Å². The molecule has 0 aliphatic carbocycles. The standard InChI is InChI=1S/C33H31F3N2O2.C3H8/c1-20-13-26-17-23(22-6-7-25-18-37-12-11-24(25)16-22)8-9-27(26)32(38(20)19-33(2,3)36)31-28(34)14-21(15-29(31)35)5-10-30(39)40-4;1-3-2/h5-12,14-18,20,32H,13,19H2,1-4H3;3H2,1-2H3/b10-5+;. The van der Waals surface area contributed by atoms with Gasteiger partial charge >= 0.3 is 5.97 Å². The highest BCUT2D eigenvalue weighted by Gasteiger charge is 2.39. The molecule has 2 heterocycles. The molecule has 0 saturated heterocycles. The fourth-order valence-electron chi connectivity index (χ4n) is 5.56. The van der Waals surface area contributed by atoms with Gasteiger partial charge < -0.3 is 4.74 Å². The molecule has 0 amide bonds. The monoisotopic (exact) mass is 588 g/mol. The van der Waals surface area contributed by atoms with Crippen molar-refractivity contribution in [2.45, 2.75) is 65.2 Å². The number of carbonyl (C=O) groups is 1. The molecule has 4 aromatic rings. The summed E-state index contributed by atoms with van der Waals surface area (Å²) < 4.78 is 51.0. The van der Waals surface area contributed by atoms with Crippen LogP contribution in [-0.4, -0.2) is 41.2 Å². The molecule has 43 heavy (non-hydrogen) atoms. The molecule has 226 valence electrons. The summed E-state index contributed by atoms with van der Waals surface area (Å²) in [5.41, 5.74) is 2.19. The minimum atomic E-state index is -1.58. The Labute approximate surface area is 252 Å². The van der Waals surface area contributed by atoms with E-state index < -0.39 is 29.3 Å². The second kappa shape index (κ2) is 13.6. The molecule has 0 fully saturated rings. The predicted molar refractivity (Wildman–Crippen MR) is 167 cm³/mol. The first kappa shape index (κ1) is 32.0. The maximum Gasteiger partial charge on any atom is 0.330 e. The molecule has 2 unspecified atom stereocenters. The Morgan fingerprint density at radius 2 is 1.67 bits per heavy atom. The molecule has 0 bridgehead atoms. The van der Waals surface area contributed by atoms with E-state index >= 15 is 13.2 Å². The third kappa shape index (κ3) is 7.52. The van der Waals surface area contributed by atoms with Crippen molar-refractivity contribution in [3.8, 4) is 11.1 Å². The number of aromatic nitrogens is 1. The Morgan fingerprint density at radius 3 is 2.33 bits per heavy atom. The maximum atomic E-state index is 15.7. The van der Waals surface area contributed by atoms with Gasteiger partial charge in [0.25, 0.3) is 0 Å². The number of halogens is 3. The number of hydrogen-bond donors (Lipinski definition) is 0. The zero-order valence-electron chi connectivity index (χ0n) is 25.6. The Hall–Kier alpha value is -3.97. The number of hydrogen-bond acceptors (Lipinski definition) is 4. The van der Waals surface area contributed by atoms with E-state index in [0.717, 1.165) is 39.1 Å². The minimum Gasteiger partial charge on any atom is -0.466 e. The normalized spacial score (nSPS) is 17.0. The quantitative estimate of drug-likeness (QED) is 0.167. The molecule has 1 aromatic heterocycles. The van der Waals surface area contributed by atoms with Crippen molar-refractivity contribution < 1.29 is 22.7 Å². The van der Waals surface area contributed by atoms with Gasteiger partial charge in [-0.05, 0) is 90.7 Å². The van der Waals surface area contributed by atoms with E-state index in [1.807, 2.05) is 48.4 Å². The van der Waals surface area contributed by atoms with Gasteiger partial charge in [0.1, 0.15) is 17.3 Å². The Morgan fingerprint density at radius 1 is 1.02 bits per heavy atom. The molecule has 7 heteroatoms. The first-order valence-corrected chi connectivity index (χ1v) is 14.6. The number of pyridine rings is 1. The molecular formula is C36H39F3N2O2. The summed E-state index contributed by atoms with van der Waals surface area (Å²) >= 11 is 0. The zero-order chi connectivity index (χ0) is 31.3. The average Bonchev–Trinajstić information content (AvgIpc) is 2.96. The van der Waals surface area contributed by atoms with Crippen LogP contribution in [0.15, 0.2) is 73.1 Å². The van der Waals surface area contributed by atoms with Crippen LogP contribution in [0.3, 0.4) is 0 Å². The van der Waals surface area contributed by atoms with Crippen molar-refractivity contribution in [3.05, 3.63) is 107 Å². The van der Waals surface area contributed by atoms with Gasteiger partial charge in [-0.2, -0.15) is 0 Å². The lowest BCUT2D eigenvalue weighted by molar-refractivity contribution is -0.134. The number of carbonyl (C=O) groups excluding carboxylic acids is 1. The zero-order valence-corrected chi connectivity index (χ0v) is 25.6. The first-order valence-electron chi connectivity index (χ1n) is 14.6. The maximum absolute atomic E-state index is 15.7. The molecule has 0 radical (unpaired) electrons. The van der Waals surface area contributed by atoms with E-state index in [4.69, 9.17) is 0 Å². The number of esters is 1. The van der Waals surface area contributed by atoms with Crippen LogP contribution in [0, 0.1) is 11.6 Å². The van der Waals surface area contributed by atoms with E-state index in [1.54, 1.807) is 6.20 Å². The largest absolute Gasteiger partial charge is 0.466 e. The second-order valence-corrected chi connectivity index (χ2v) is 11.7. The van der Waals surface area contributed by atoms with Crippen LogP contribution >= 0.6 is 0 Å². The van der Waals surface area contributed by atoms with Crippen molar-refractivity contribution in [2.75, 3.05) is 13.7 Å². The molecule has 5 rings (SSSR count). The summed E-state index contributed by atoms with van der Waals surface area (Å²) in [7, 11) is 1.22. The van der Waals surface area contributed by atoms with Crippen LogP contribution in [0.1, 0.15) is 69.3 Å². The number of alkyl halides is 1. The van der Waals surface area contributed by atoms with Crippen molar-refractivity contribution >= 4 is 22.8 Å². The highest BCUT2D eigenvalue weighted by Crippen LogP contribution is 2.42. The fraction of sp³-hybridized carbons (Fsp3) is 0.333. The van der Waals surface area contributed by atoms with Gasteiger partial charge in [0.2, 0.25) is 0 Å². The van der Waals surface area contributed by atoms with Gasteiger partial charge in [0, 0.05) is 42.0 Å². The van der Waals surface area contributed by atoms with E-state index in [0.29, 0.717) is 6.42 Å². The molecule has 1 aliphatic heterocycles. The van der Waals surface area contributed by atoms with Gasteiger partial charge in [-0.3, -0.25) is 9.88 Å². The fourth-order valence-corrected chi connectivity index (χ4v) is 5.56. The molecule has 2 atom stereocenters. The van der Waals surface area contributed by atoms with Crippen LogP contribution in [0.25, 0.3) is 28.0 Å². The number of fused-ring (bicyclic) bond motifs is 2. The van der Waals surface area contributed by atoms with Gasteiger partial charge in [-0.15, -0.1) is 0 Å². The first-order chi connectivity index (χ1) is 20.4. The van der Waals surface area contributed by atoms with Crippen molar-refractivity contribution in [1.29, 1.82) is 0 Å². The summed E-state index contributed by atoms with van der Waals surface area (Å²) in [4.78, 5) is 17.5.